The first-order valence-corrected chi connectivity index (χ1v) is 9.95. The second kappa shape index (κ2) is 8.51. The van der Waals surface area contributed by atoms with Crippen LogP contribution in [0.4, 0.5) is 15.8 Å². The van der Waals surface area contributed by atoms with Crippen LogP contribution in [0, 0.1) is 5.82 Å². The Bertz CT molecular complexity index is 881. The molecule has 1 fully saturated rings. The van der Waals surface area contributed by atoms with Crippen molar-refractivity contribution in [1.82, 2.24) is 4.90 Å². The molecular formula is C22H24FN3O3. The number of piperidine rings is 1. The van der Waals surface area contributed by atoms with Crippen LogP contribution < -0.4 is 15.0 Å². The lowest BCUT2D eigenvalue weighted by Crippen LogP contribution is -2.52. The van der Waals surface area contributed by atoms with Gasteiger partial charge in [0.1, 0.15) is 11.6 Å². The summed E-state index contributed by atoms with van der Waals surface area (Å²) in [6, 6.07) is 13.0. The van der Waals surface area contributed by atoms with E-state index in [0.717, 1.165) is 38.0 Å². The summed E-state index contributed by atoms with van der Waals surface area (Å²) in [4.78, 5) is 29.3. The van der Waals surface area contributed by atoms with Crippen molar-refractivity contribution in [3.05, 3.63) is 54.3 Å². The van der Waals surface area contributed by atoms with Gasteiger partial charge >= 0.3 is 0 Å². The number of hydrogen-bond donors (Lipinski definition) is 1. The van der Waals surface area contributed by atoms with Crippen LogP contribution in [0.5, 0.6) is 5.75 Å². The van der Waals surface area contributed by atoms with Gasteiger partial charge in [0, 0.05) is 18.8 Å². The summed E-state index contributed by atoms with van der Waals surface area (Å²) in [6.45, 7) is 1.89. The Morgan fingerprint density at radius 1 is 1.03 bits per heavy atom. The Balaban J connectivity index is 1.48. The second-order valence-electron chi connectivity index (χ2n) is 7.40. The summed E-state index contributed by atoms with van der Waals surface area (Å²) in [7, 11) is 0. The molecule has 0 radical (unpaired) electrons. The van der Waals surface area contributed by atoms with E-state index in [2.05, 4.69) is 5.32 Å². The summed E-state index contributed by atoms with van der Waals surface area (Å²) < 4.78 is 19.0. The van der Waals surface area contributed by atoms with E-state index >= 15 is 0 Å². The lowest BCUT2D eigenvalue weighted by molar-refractivity contribution is -0.139. The summed E-state index contributed by atoms with van der Waals surface area (Å²) in [5.41, 5.74) is 1.31. The number of likely N-dealkylation sites (tertiary alicyclic amines) is 1. The lowest BCUT2D eigenvalue weighted by Gasteiger charge is -2.38. The van der Waals surface area contributed by atoms with Gasteiger partial charge < -0.3 is 19.9 Å². The third-order valence-electron chi connectivity index (χ3n) is 5.27. The molecular weight excluding hydrogens is 373 g/mol. The molecule has 1 N–H and O–H groups in total. The fraction of sp³-hybridized carbons (Fsp3) is 0.364. The molecule has 1 saturated heterocycles. The molecule has 2 aromatic rings. The number of rotatable bonds is 4. The van der Waals surface area contributed by atoms with Gasteiger partial charge in [-0.2, -0.15) is 0 Å². The van der Waals surface area contributed by atoms with Gasteiger partial charge in [-0.15, -0.1) is 0 Å². The van der Waals surface area contributed by atoms with Crippen LogP contribution in [0.3, 0.4) is 0 Å². The number of amides is 2. The van der Waals surface area contributed by atoms with Gasteiger partial charge in [0.15, 0.2) is 6.10 Å². The molecule has 0 aliphatic carbocycles. The Hall–Kier alpha value is -3.09. The number of carbonyl (C=O) groups is 2. The Labute approximate surface area is 169 Å². The van der Waals surface area contributed by atoms with Gasteiger partial charge in [-0.1, -0.05) is 12.1 Å². The van der Waals surface area contributed by atoms with Gasteiger partial charge in [-0.05, 0) is 55.7 Å². The number of benzene rings is 2. The molecule has 6 nitrogen and oxygen atoms in total. The van der Waals surface area contributed by atoms with E-state index in [1.165, 1.54) is 24.3 Å². The van der Waals surface area contributed by atoms with Gasteiger partial charge in [0.05, 0.1) is 18.8 Å². The molecule has 2 aliphatic heterocycles. The van der Waals surface area contributed by atoms with Gasteiger partial charge in [0.2, 0.25) is 5.91 Å². The van der Waals surface area contributed by atoms with Crippen LogP contribution in [0.1, 0.15) is 19.3 Å². The molecule has 0 spiro atoms. The Kier molecular flexibility index (Phi) is 5.64. The number of hydrogen-bond acceptors (Lipinski definition) is 4. The number of anilines is 2. The van der Waals surface area contributed by atoms with E-state index in [9.17, 15) is 14.0 Å². The molecule has 29 heavy (non-hydrogen) atoms. The highest BCUT2D eigenvalue weighted by molar-refractivity contribution is 5.95. The minimum atomic E-state index is -0.637. The fourth-order valence-corrected chi connectivity index (χ4v) is 3.81. The first-order valence-electron chi connectivity index (χ1n) is 9.95. The van der Waals surface area contributed by atoms with Gasteiger partial charge in [0.25, 0.3) is 5.91 Å². The molecule has 2 amide bonds. The summed E-state index contributed by atoms with van der Waals surface area (Å²) in [5, 5.41) is 2.77. The van der Waals surface area contributed by atoms with Crippen molar-refractivity contribution in [2.45, 2.75) is 25.4 Å². The summed E-state index contributed by atoms with van der Waals surface area (Å²) >= 11 is 0. The maximum Gasteiger partial charge on any atom is 0.265 e. The third-order valence-corrected chi connectivity index (χ3v) is 5.27. The molecule has 0 saturated carbocycles. The monoisotopic (exact) mass is 397 g/mol. The molecule has 0 aromatic heterocycles. The van der Waals surface area contributed by atoms with E-state index in [-0.39, 0.29) is 24.2 Å². The lowest BCUT2D eigenvalue weighted by atomic mass is 10.1. The standard InChI is InChI=1S/C22H24FN3O3/c23-16-8-10-17(11-9-16)24-21(27)15-26-14-20(22(28)25-12-4-1-5-13-25)29-19-7-3-2-6-18(19)26/h2-3,6-11,20H,1,4-5,12-15H2,(H,24,27). The number of fused-ring (bicyclic) bond motifs is 1. The van der Waals surface area contributed by atoms with Crippen LogP contribution in [0.25, 0.3) is 0 Å². The average Bonchev–Trinajstić information content (AvgIpc) is 2.75. The molecule has 1 unspecified atom stereocenters. The Morgan fingerprint density at radius 3 is 2.52 bits per heavy atom. The molecule has 4 rings (SSSR count). The Morgan fingerprint density at radius 2 is 1.76 bits per heavy atom. The average molecular weight is 397 g/mol. The van der Waals surface area contributed by atoms with Crippen molar-refractivity contribution in [2.75, 3.05) is 36.4 Å². The fourth-order valence-electron chi connectivity index (χ4n) is 3.81. The predicted octanol–water partition coefficient (Wildman–Crippen LogP) is 3.04. The summed E-state index contributed by atoms with van der Waals surface area (Å²) in [5.74, 6) is -0.0199. The first kappa shape index (κ1) is 19.2. The zero-order valence-electron chi connectivity index (χ0n) is 16.1. The zero-order valence-corrected chi connectivity index (χ0v) is 16.1. The molecule has 2 heterocycles. The maximum atomic E-state index is 13.1. The van der Waals surface area contributed by atoms with E-state index in [1.54, 1.807) is 0 Å². The minimum absolute atomic E-state index is 0.0249. The van der Waals surface area contributed by atoms with Crippen molar-refractivity contribution in [3.8, 4) is 5.75 Å². The highest BCUT2D eigenvalue weighted by Crippen LogP contribution is 2.33. The molecule has 2 aliphatic rings. The van der Waals surface area contributed by atoms with Crippen LogP contribution in [0.2, 0.25) is 0 Å². The largest absolute Gasteiger partial charge is 0.477 e. The molecule has 0 bridgehead atoms. The number of para-hydroxylation sites is 2. The minimum Gasteiger partial charge on any atom is -0.477 e. The number of nitrogens with zero attached hydrogens (tertiary/aromatic N) is 2. The van der Waals surface area contributed by atoms with Crippen LogP contribution >= 0.6 is 0 Å². The SMILES string of the molecule is O=C(CN1CC(C(=O)N2CCCCC2)Oc2ccccc21)Nc1ccc(F)cc1. The number of carbonyl (C=O) groups excluding carboxylic acids is 2. The predicted molar refractivity (Wildman–Crippen MR) is 109 cm³/mol. The number of nitrogens with one attached hydrogen (secondary N) is 1. The number of ether oxygens (including phenoxy) is 1. The van der Waals surface area contributed by atoms with E-state index in [1.807, 2.05) is 34.1 Å². The normalized spacial score (nSPS) is 18.6. The highest BCUT2D eigenvalue weighted by Gasteiger charge is 2.34. The number of halogens is 1. The van der Waals surface area contributed by atoms with E-state index < -0.39 is 6.10 Å². The maximum absolute atomic E-state index is 13.1. The molecule has 2 aromatic carbocycles. The van der Waals surface area contributed by atoms with Crippen molar-refractivity contribution >= 4 is 23.2 Å². The second-order valence-corrected chi connectivity index (χ2v) is 7.40. The molecule has 7 heteroatoms. The molecule has 152 valence electrons. The quantitative estimate of drug-likeness (QED) is 0.862. The van der Waals surface area contributed by atoms with Crippen molar-refractivity contribution in [3.63, 3.8) is 0 Å². The molecule has 1 atom stereocenters. The van der Waals surface area contributed by atoms with E-state index in [4.69, 9.17) is 4.74 Å². The van der Waals surface area contributed by atoms with Crippen LogP contribution in [-0.2, 0) is 9.59 Å². The summed E-state index contributed by atoms with van der Waals surface area (Å²) in [6.07, 6.45) is 2.53. The van der Waals surface area contributed by atoms with E-state index in [0.29, 0.717) is 18.0 Å². The van der Waals surface area contributed by atoms with Crippen molar-refractivity contribution < 1.29 is 18.7 Å². The third kappa shape index (κ3) is 4.50. The topological polar surface area (TPSA) is 61.9 Å². The van der Waals surface area contributed by atoms with Crippen molar-refractivity contribution in [1.29, 1.82) is 0 Å². The van der Waals surface area contributed by atoms with Gasteiger partial charge in [-0.25, -0.2) is 4.39 Å². The first-order chi connectivity index (χ1) is 14.1. The van der Waals surface area contributed by atoms with Crippen LogP contribution in [0.15, 0.2) is 48.5 Å². The van der Waals surface area contributed by atoms with Gasteiger partial charge in [-0.3, -0.25) is 9.59 Å². The van der Waals surface area contributed by atoms with Crippen LogP contribution in [-0.4, -0.2) is 49.0 Å². The smallest absolute Gasteiger partial charge is 0.265 e. The van der Waals surface area contributed by atoms with Crippen molar-refractivity contribution in [2.24, 2.45) is 0 Å². The zero-order chi connectivity index (χ0) is 20.2. The highest BCUT2D eigenvalue weighted by atomic mass is 19.1.